The van der Waals surface area contributed by atoms with Gasteiger partial charge in [0.1, 0.15) is 0 Å². The van der Waals surface area contributed by atoms with Gasteiger partial charge in [0.25, 0.3) is 0 Å². The Kier molecular flexibility index (Phi) is 3.47. The summed E-state index contributed by atoms with van der Waals surface area (Å²) in [5.41, 5.74) is 1.74. The summed E-state index contributed by atoms with van der Waals surface area (Å²) in [6, 6.07) is 17.7. The molecule has 0 fully saturated rings. The molecule has 22 heavy (non-hydrogen) atoms. The molecule has 3 heteroatoms. The third-order valence-electron chi connectivity index (χ3n) is 3.67. The third kappa shape index (κ3) is 2.37. The summed E-state index contributed by atoms with van der Waals surface area (Å²) in [7, 11) is 0. The van der Waals surface area contributed by atoms with Gasteiger partial charge in [0.05, 0.1) is 5.56 Å². The van der Waals surface area contributed by atoms with E-state index in [1.165, 1.54) is 0 Å². The molecule has 0 amide bonds. The van der Waals surface area contributed by atoms with Gasteiger partial charge in [-0.05, 0) is 29.8 Å². The number of benzene rings is 3. The Hall–Kier alpha value is -2.94. The van der Waals surface area contributed by atoms with Crippen molar-refractivity contribution in [3.8, 4) is 0 Å². The lowest BCUT2D eigenvalue weighted by atomic mass is 9.93. The van der Waals surface area contributed by atoms with Gasteiger partial charge < -0.3 is 5.11 Å². The Morgan fingerprint density at radius 3 is 2.41 bits per heavy atom. The number of aryl methyl sites for hydroxylation is 1. The van der Waals surface area contributed by atoms with Crippen LogP contribution in [-0.2, 0) is 0 Å². The molecule has 0 saturated carbocycles. The van der Waals surface area contributed by atoms with E-state index in [9.17, 15) is 14.7 Å². The second kappa shape index (κ2) is 5.45. The second-order valence-electron chi connectivity index (χ2n) is 5.21. The molecule has 0 spiro atoms. The van der Waals surface area contributed by atoms with Crippen molar-refractivity contribution in [2.24, 2.45) is 0 Å². The van der Waals surface area contributed by atoms with Crippen LogP contribution in [0.4, 0.5) is 0 Å². The number of ketones is 1. The average Bonchev–Trinajstić information content (AvgIpc) is 2.52. The number of hydrogen-bond donors (Lipinski definition) is 1. The Morgan fingerprint density at radius 2 is 1.68 bits per heavy atom. The van der Waals surface area contributed by atoms with Gasteiger partial charge in [-0.25, -0.2) is 4.79 Å². The van der Waals surface area contributed by atoms with Crippen molar-refractivity contribution < 1.29 is 14.7 Å². The van der Waals surface area contributed by atoms with Crippen molar-refractivity contribution in [3.63, 3.8) is 0 Å². The van der Waals surface area contributed by atoms with Crippen LogP contribution in [0, 0.1) is 6.92 Å². The van der Waals surface area contributed by atoms with Crippen LogP contribution in [-0.4, -0.2) is 16.9 Å². The van der Waals surface area contributed by atoms with Gasteiger partial charge in [-0.15, -0.1) is 0 Å². The van der Waals surface area contributed by atoms with Gasteiger partial charge >= 0.3 is 5.97 Å². The second-order valence-corrected chi connectivity index (χ2v) is 5.21. The van der Waals surface area contributed by atoms with Gasteiger partial charge in [0, 0.05) is 11.1 Å². The maximum absolute atomic E-state index is 12.7. The molecular formula is C19H14O3. The van der Waals surface area contributed by atoms with Crippen LogP contribution in [0.25, 0.3) is 10.8 Å². The van der Waals surface area contributed by atoms with E-state index in [0.717, 1.165) is 10.9 Å². The topological polar surface area (TPSA) is 54.4 Å². The van der Waals surface area contributed by atoms with Crippen molar-refractivity contribution in [2.45, 2.75) is 6.92 Å². The minimum Gasteiger partial charge on any atom is -0.478 e. The molecule has 0 saturated heterocycles. The minimum atomic E-state index is -1.09. The molecule has 108 valence electrons. The number of hydrogen-bond acceptors (Lipinski definition) is 2. The van der Waals surface area contributed by atoms with Crippen LogP contribution in [0.15, 0.2) is 60.7 Å². The molecule has 0 heterocycles. The maximum atomic E-state index is 12.7. The van der Waals surface area contributed by atoms with Gasteiger partial charge in [-0.2, -0.15) is 0 Å². The molecule has 0 aliphatic carbocycles. The Morgan fingerprint density at radius 1 is 0.909 bits per heavy atom. The molecule has 0 bridgehead atoms. The Labute approximate surface area is 127 Å². The average molecular weight is 290 g/mol. The van der Waals surface area contributed by atoms with E-state index in [1.807, 2.05) is 25.1 Å². The zero-order valence-corrected chi connectivity index (χ0v) is 12.0. The molecule has 0 aromatic heterocycles. The standard InChI is InChI=1S/C19H14O3/c1-12-5-4-7-14(11-12)18(20)16-10-9-13-6-2-3-8-15(13)17(16)19(21)22/h2-11H,1H3,(H,21,22). The predicted octanol–water partition coefficient (Wildman–Crippen LogP) is 4.08. The van der Waals surface area contributed by atoms with Gasteiger partial charge in [-0.3, -0.25) is 4.79 Å². The molecule has 0 aliphatic rings. The molecule has 3 aromatic carbocycles. The molecule has 0 unspecified atom stereocenters. The molecular weight excluding hydrogens is 276 g/mol. The molecule has 3 aromatic rings. The highest BCUT2D eigenvalue weighted by molar-refractivity contribution is 6.19. The normalized spacial score (nSPS) is 10.6. The fraction of sp³-hybridized carbons (Fsp3) is 0.0526. The molecule has 3 rings (SSSR count). The summed E-state index contributed by atoms with van der Waals surface area (Å²) in [6.07, 6.45) is 0. The smallest absolute Gasteiger partial charge is 0.337 e. The number of carboxylic acid groups (broad SMARTS) is 1. The lowest BCUT2D eigenvalue weighted by Gasteiger charge is -2.09. The van der Waals surface area contributed by atoms with E-state index in [-0.39, 0.29) is 16.9 Å². The van der Waals surface area contributed by atoms with E-state index in [2.05, 4.69) is 0 Å². The van der Waals surface area contributed by atoms with Crippen molar-refractivity contribution >= 4 is 22.5 Å². The van der Waals surface area contributed by atoms with Gasteiger partial charge in [0.2, 0.25) is 0 Å². The summed E-state index contributed by atoms with van der Waals surface area (Å²) < 4.78 is 0. The summed E-state index contributed by atoms with van der Waals surface area (Å²) in [4.78, 5) is 24.4. The monoisotopic (exact) mass is 290 g/mol. The maximum Gasteiger partial charge on any atom is 0.337 e. The number of fused-ring (bicyclic) bond motifs is 1. The van der Waals surface area contributed by atoms with Crippen LogP contribution in [0.5, 0.6) is 0 Å². The first kappa shape index (κ1) is 14.0. The zero-order valence-electron chi connectivity index (χ0n) is 12.0. The highest BCUT2D eigenvalue weighted by atomic mass is 16.4. The van der Waals surface area contributed by atoms with Crippen LogP contribution < -0.4 is 0 Å². The first-order chi connectivity index (χ1) is 10.6. The summed E-state index contributed by atoms with van der Waals surface area (Å²) in [6.45, 7) is 1.90. The highest BCUT2D eigenvalue weighted by Gasteiger charge is 2.20. The molecule has 1 N–H and O–H groups in total. The summed E-state index contributed by atoms with van der Waals surface area (Å²) in [5.74, 6) is -1.36. The largest absolute Gasteiger partial charge is 0.478 e. The fourth-order valence-corrected chi connectivity index (χ4v) is 2.63. The van der Waals surface area contributed by atoms with E-state index in [1.54, 1.807) is 42.5 Å². The SMILES string of the molecule is Cc1cccc(C(=O)c2ccc3ccccc3c2C(=O)O)c1. The molecule has 0 atom stereocenters. The lowest BCUT2D eigenvalue weighted by Crippen LogP contribution is -2.10. The number of carboxylic acids is 1. The first-order valence-corrected chi connectivity index (χ1v) is 6.94. The van der Waals surface area contributed by atoms with Crippen molar-refractivity contribution in [1.29, 1.82) is 0 Å². The number of aromatic carboxylic acids is 1. The number of carbonyl (C=O) groups is 2. The van der Waals surface area contributed by atoms with E-state index in [0.29, 0.717) is 10.9 Å². The van der Waals surface area contributed by atoms with Crippen LogP contribution in [0.1, 0.15) is 31.8 Å². The van der Waals surface area contributed by atoms with Crippen LogP contribution in [0.2, 0.25) is 0 Å². The summed E-state index contributed by atoms with van der Waals surface area (Å²) in [5, 5.41) is 10.9. The molecule has 3 nitrogen and oxygen atoms in total. The Bertz CT molecular complexity index is 894. The predicted molar refractivity (Wildman–Crippen MR) is 85.5 cm³/mol. The van der Waals surface area contributed by atoms with E-state index < -0.39 is 5.97 Å². The van der Waals surface area contributed by atoms with Crippen LogP contribution in [0.3, 0.4) is 0 Å². The first-order valence-electron chi connectivity index (χ1n) is 6.94. The van der Waals surface area contributed by atoms with Crippen molar-refractivity contribution in [3.05, 3.63) is 82.9 Å². The van der Waals surface area contributed by atoms with Crippen molar-refractivity contribution in [2.75, 3.05) is 0 Å². The highest BCUT2D eigenvalue weighted by Crippen LogP contribution is 2.25. The summed E-state index contributed by atoms with van der Waals surface area (Å²) >= 11 is 0. The Balaban J connectivity index is 2.24. The minimum absolute atomic E-state index is 0.0598. The van der Waals surface area contributed by atoms with E-state index >= 15 is 0 Å². The number of rotatable bonds is 3. The van der Waals surface area contributed by atoms with Gasteiger partial charge in [0.15, 0.2) is 5.78 Å². The molecule has 0 aliphatic heterocycles. The molecule has 0 radical (unpaired) electrons. The van der Waals surface area contributed by atoms with E-state index in [4.69, 9.17) is 0 Å². The third-order valence-corrected chi connectivity index (χ3v) is 3.67. The fourth-order valence-electron chi connectivity index (χ4n) is 2.63. The van der Waals surface area contributed by atoms with Crippen LogP contribution >= 0.6 is 0 Å². The lowest BCUT2D eigenvalue weighted by molar-refractivity contribution is 0.0695. The van der Waals surface area contributed by atoms with Gasteiger partial charge in [-0.1, -0.05) is 54.1 Å². The number of carbonyl (C=O) groups excluding carboxylic acids is 1. The van der Waals surface area contributed by atoms with Crippen molar-refractivity contribution in [1.82, 2.24) is 0 Å². The zero-order chi connectivity index (χ0) is 15.7. The quantitative estimate of drug-likeness (QED) is 0.739.